The van der Waals surface area contributed by atoms with Crippen LogP contribution in [0.3, 0.4) is 0 Å². The van der Waals surface area contributed by atoms with Gasteiger partial charge in [0.25, 0.3) is 5.95 Å². The van der Waals surface area contributed by atoms with Gasteiger partial charge < -0.3 is 30.9 Å². The maximum atomic E-state index is 16.1. The topological polar surface area (TPSA) is 214 Å². The van der Waals surface area contributed by atoms with E-state index in [2.05, 4.69) is 30.4 Å². The molecule has 1 unspecified atom stereocenters. The van der Waals surface area contributed by atoms with Crippen molar-refractivity contribution in [3.8, 4) is 11.7 Å². The number of ether oxygens (including phenoxy) is 1. The molecule has 0 aliphatic carbocycles. The van der Waals surface area contributed by atoms with Crippen LogP contribution in [-0.2, 0) is 22.6 Å². The molecule has 0 radical (unpaired) electrons. The Hall–Kier alpha value is -6.06. The van der Waals surface area contributed by atoms with Gasteiger partial charge in [-0.2, -0.15) is 26.3 Å². The second-order valence-corrected chi connectivity index (χ2v) is 11.0. The number of nitrogens with zero attached hydrogens (tertiary/aromatic N) is 6. The molecular formula is C31H32F7N9O6. The van der Waals surface area contributed by atoms with Crippen LogP contribution in [0.2, 0.25) is 0 Å². The van der Waals surface area contributed by atoms with Crippen molar-refractivity contribution in [2.24, 2.45) is 10.7 Å². The van der Waals surface area contributed by atoms with E-state index in [0.717, 1.165) is 21.4 Å². The van der Waals surface area contributed by atoms with Crippen molar-refractivity contribution in [2.45, 2.75) is 38.3 Å². The van der Waals surface area contributed by atoms with Crippen LogP contribution >= 0.6 is 0 Å². The Bertz CT molecular complexity index is 1960. The van der Waals surface area contributed by atoms with Crippen molar-refractivity contribution in [2.75, 3.05) is 32.6 Å². The van der Waals surface area contributed by atoms with E-state index in [1.165, 1.54) is 12.4 Å². The van der Waals surface area contributed by atoms with Gasteiger partial charge in [-0.1, -0.05) is 13.0 Å². The lowest BCUT2D eigenvalue weighted by Gasteiger charge is -2.22. The van der Waals surface area contributed by atoms with Crippen molar-refractivity contribution in [1.29, 1.82) is 0 Å². The monoisotopic (exact) mass is 759 g/mol. The molecule has 2 aromatic heterocycles. The van der Waals surface area contributed by atoms with Gasteiger partial charge in [-0.15, -0.1) is 9.78 Å². The zero-order valence-corrected chi connectivity index (χ0v) is 28.0. The predicted octanol–water partition coefficient (Wildman–Crippen LogP) is 3.68. The number of hydrogen-bond donors (Lipinski definition) is 5. The summed E-state index contributed by atoms with van der Waals surface area (Å²) in [6, 6.07) is 9.86. The van der Waals surface area contributed by atoms with Crippen LogP contribution < -0.4 is 21.5 Å². The van der Waals surface area contributed by atoms with Gasteiger partial charge in [0.15, 0.2) is 17.4 Å². The zero-order chi connectivity index (χ0) is 39.7. The van der Waals surface area contributed by atoms with Crippen molar-refractivity contribution in [3.63, 3.8) is 0 Å². The lowest BCUT2D eigenvalue weighted by atomic mass is 9.99. The molecule has 15 nitrogen and oxygen atoms in total. The SMILES string of the molecule is CCc1cc(OCCN(C)C)c(F)c(C(Nc2ccc3c(c2)CN=C3N)c2nn(-c3ncccn3)c(=O)[nH]2)c1.O=C(O)C(F)(F)F.O=C(O)C(F)(F)F. The Morgan fingerprint density at radius 2 is 1.66 bits per heavy atom. The lowest BCUT2D eigenvalue weighted by Crippen LogP contribution is -2.21. The van der Waals surface area contributed by atoms with E-state index in [9.17, 15) is 31.1 Å². The Kier molecular flexibility index (Phi) is 13.6. The van der Waals surface area contributed by atoms with Gasteiger partial charge in [-0.3, -0.25) is 9.98 Å². The zero-order valence-electron chi connectivity index (χ0n) is 28.0. The minimum absolute atomic E-state index is 0.101. The van der Waals surface area contributed by atoms with Crippen LogP contribution in [0.1, 0.15) is 41.0 Å². The summed E-state index contributed by atoms with van der Waals surface area (Å²) in [7, 11) is 3.85. The molecule has 0 saturated carbocycles. The molecule has 0 spiro atoms. The van der Waals surface area contributed by atoms with Crippen molar-refractivity contribution >= 4 is 23.5 Å². The normalized spacial score (nSPS) is 12.8. The number of nitrogens with one attached hydrogen (secondary N) is 2. The van der Waals surface area contributed by atoms with E-state index >= 15 is 4.39 Å². The van der Waals surface area contributed by atoms with E-state index in [4.69, 9.17) is 30.3 Å². The number of carboxylic acids is 2. The molecule has 286 valence electrons. The van der Waals surface area contributed by atoms with Crippen LogP contribution in [-0.4, -0.2) is 97.2 Å². The molecule has 6 N–H and O–H groups in total. The molecule has 0 amide bonds. The Morgan fingerprint density at radius 1 is 1.06 bits per heavy atom. The molecule has 1 atom stereocenters. The molecule has 0 saturated heterocycles. The highest BCUT2D eigenvalue weighted by Gasteiger charge is 2.39. The molecule has 0 bridgehead atoms. The molecule has 22 heteroatoms. The number of nitrogens with two attached hydrogens (primary N) is 1. The number of anilines is 1. The average Bonchev–Trinajstić information content (AvgIpc) is 3.66. The van der Waals surface area contributed by atoms with Gasteiger partial charge in [0.05, 0.1) is 6.54 Å². The Morgan fingerprint density at radius 3 is 2.21 bits per heavy atom. The van der Waals surface area contributed by atoms with Gasteiger partial charge in [0.1, 0.15) is 18.5 Å². The number of alkyl halides is 6. The van der Waals surface area contributed by atoms with Crippen LogP contribution in [0.4, 0.5) is 36.4 Å². The summed E-state index contributed by atoms with van der Waals surface area (Å²) in [4.78, 5) is 47.9. The highest BCUT2D eigenvalue weighted by molar-refractivity contribution is 6.01. The number of hydrogen-bond acceptors (Lipinski definition) is 11. The molecule has 1 aliphatic rings. The summed E-state index contributed by atoms with van der Waals surface area (Å²) in [5, 5.41) is 22.1. The smallest absolute Gasteiger partial charge is 0.489 e. The number of amidine groups is 1. The molecule has 0 fully saturated rings. The predicted molar refractivity (Wildman–Crippen MR) is 173 cm³/mol. The van der Waals surface area contributed by atoms with Crippen LogP contribution in [0.5, 0.6) is 5.75 Å². The third-order valence-electron chi connectivity index (χ3n) is 6.89. The molecular weight excluding hydrogens is 727 g/mol. The van der Waals surface area contributed by atoms with Gasteiger partial charge in [-0.05, 0) is 62.0 Å². The lowest BCUT2D eigenvalue weighted by molar-refractivity contribution is -0.193. The van der Waals surface area contributed by atoms with Gasteiger partial charge >= 0.3 is 30.0 Å². The maximum Gasteiger partial charge on any atom is 0.490 e. The van der Waals surface area contributed by atoms with Gasteiger partial charge in [-0.25, -0.2) is 28.7 Å². The fourth-order valence-corrected chi connectivity index (χ4v) is 4.32. The quantitative estimate of drug-likeness (QED) is 0.147. The number of likely N-dealkylation sites (N-methyl/N-ethyl adjacent to an activating group) is 1. The second-order valence-electron chi connectivity index (χ2n) is 11.0. The number of aryl methyl sites for hydroxylation is 1. The Balaban J connectivity index is 0.000000458. The van der Waals surface area contributed by atoms with Crippen LogP contribution in [0.15, 0.2) is 58.6 Å². The van der Waals surface area contributed by atoms with Crippen molar-refractivity contribution in [1.82, 2.24) is 29.6 Å². The summed E-state index contributed by atoms with van der Waals surface area (Å²) in [5.41, 5.74) is 9.09. The Labute approximate surface area is 295 Å². The second kappa shape index (κ2) is 17.4. The standard InChI is InChI=1S/C27H30FN9O2.2C2HF3O2/c1-4-16-12-20(22(28)21(13-16)39-11-10-36(2)3)23(33-18-6-7-19-17(14-18)15-32-24(19)29)25-34-27(38)37(35-25)26-30-8-5-9-31-26;2*3-2(4,5)1(6)7/h5-9,12-14,23,33H,4,10-11,15H2,1-3H3,(H2,29,32)(H,34,35,38);2*(H,6,7). The third-order valence-corrected chi connectivity index (χ3v) is 6.89. The first-order valence-corrected chi connectivity index (χ1v) is 15.1. The number of carbonyl (C=O) groups is 2. The third kappa shape index (κ3) is 11.5. The minimum atomic E-state index is -5.08. The summed E-state index contributed by atoms with van der Waals surface area (Å²) in [5.74, 6) is -5.13. The average molecular weight is 760 g/mol. The number of fused-ring (bicyclic) bond motifs is 1. The van der Waals surface area contributed by atoms with E-state index < -0.39 is 41.8 Å². The van der Waals surface area contributed by atoms with Crippen LogP contribution in [0.25, 0.3) is 5.95 Å². The largest absolute Gasteiger partial charge is 0.490 e. The fourth-order valence-electron chi connectivity index (χ4n) is 4.32. The summed E-state index contributed by atoms with van der Waals surface area (Å²) >= 11 is 0. The number of aliphatic carboxylic acids is 2. The minimum Gasteiger partial charge on any atom is -0.489 e. The number of H-pyrrole nitrogens is 1. The summed E-state index contributed by atoms with van der Waals surface area (Å²) in [6.07, 6.45) is -6.49. The number of aliphatic imine (C=N–C) groups is 1. The van der Waals surface area contributed by atoms with E-state index in [-0.39, 0.29) is 23.1 Å². The number of rotatable bonds is 10. The number of halogens is 7. The summed E-state index contributed by atoms with van der Waals surface area (Å²) < 4.78 is 86.5. The summed E-state index contributed by atoms with van der Waals surface area (Å²) in [6.45, 7) is 3.39. The van der Waals surface area contributed by atoms with Crippen molar-refractivity contribution in [3.05, 3.63) is 93.2 Å². The van der Waals surface area contributed by atoms with E-state index in [1.54, 1.807) is 18.2 Å². The van der Waals surface area contributed by atoms with Crippen molar-refractivity contribution < 1.29 is 55.3 Å². The maximum absolute atomic E-state index is 16.1. The fraction of sp³-hybridized carbons (Fsp3) is 0.323. The highest BCUT2D eigenvalue weighted by atomic mass is 19.4. The first-order chi connectivity index (χ1) is 24.7. The van der Waals surface area contributed by atoms with E-state index in [0.29, 0.717) is 37.6 Å². The van der Waals surface area contributed by atoms with Gasteiger partial charge in [0.2, 0.25) is 0 Å². The number of carboxylic acid groups (broad SMARTS) is 2. The highest BCUT2D eigenvalue weighted by Crippen LogP contribution is 2.33. The van der Waals surface area contributed by atoms with Gasteiger partial charge in [0, 0.05) is 35.8 Å². The molecule has 1 aliphatic heterocycles. The number of aromatic nitrogens is 5. The number of benzene rings is 2. The van der Waals surface area contributed by atoms with E-state index in [1.807, 2.05) is 44.1 Å². The molecule has 4 aromatic rings. The first kappa shape index (κ1) is 41.4. The molecule has 5 rings (SSSR count). The first-order valence-electron chi connectivity index (χ1n) is 15.1. The number of aromatic amines is 1. The molecule has 53 heavy (non-hydrogen) atoms. The molecule has 2 aromatic carbocycles. The molecule has 3 heterocycles. The van der Waals surface area contributed by atoms with Crippen LogP contribution in [0, 0.1) is 5.82 Å².